The summed E-state index contributed by atoms with van der Waals surface area (Å²) in [7, 11) is 0. The standard InChI is InChI=1S/C17H22N6O2/c1-3-13-19-20-14-5-4-12(10-23(13)14)8-18-9-15-21-22-17(25-15)16-11(2)6-7-24-16/h6-7,12,18H,3-5,8-10H2,1-2H3/t12-/m1/s1. The van der Waals surface area contributed by atoms with Gasteiger partial charge in [0.25, 0.3) is 5.89 Å². The van der Waals surface area contributed by atoms with Crippen LogP contribution in [-0.2, 0) is 25.9 Å². The molecular weight excluding hydrogens is 320 g/mol. The Morgan fingerprint density at radius 3 is 3.00 bits per heavy atom. The van der Waals surface area contributed by atoms with Crippen molar-refractivity contribution < 1.29 is 8.83 Å². The van der Waals surface area contributed by atoms with Crippen LogP contribution in [0.4, 0.5) is 0 Å². The van der Waals surface area contributed by atoms with Crippen LogP contribution in [0.3, 0.4) is 0 Å². The molecule has 4 heterocycles. The Hall–Kier alpha value is -2.48. The van der Waals surface area contributed by atoms with E-state index in [1.54, 1.807) is 6.26 Å². The molecule has 1 aliphatic heterocycles. The van der Waals surface area contributed by atoms with Gasteiger partial charge in [0.2, 0.25) is 5.89 Å². The summed E-state index contributed by atoms with van der Waals surface area (Å²) in [4.78, 5) is 0. The average molecular weight is 342 g/mol. The fourth-order valence-corrected chi connectivity index (χ4v) is 3.27. The third-order valence-corrected chi connectivity index (χ3v) is 4.67. The molecule has 0 amide bonds. The van der Waals surface area contributed by atoms with E-state index in [-0.39, 0.29) is 0 Å². The molecule has 0 aliphatic carbocycles. The minimum atomic E-state index is 0.429. The van der Waals surface area contributed by atoms with Crippen LogP contribution in [0.2, 0.25) is 0 Å². The zero-order chi connectivity index (χ0) is 17.2. The van der Waals surface area contributed by atoms with Gasteiger partial charge in [-0.2, -0.15) is 0 Å². The minimum Gasteiger partial charge on any atom is -0.459 e. The van der Waals surface area contributed by atoms with Gasteiger partial charge in [0.1, 0.15) is 11.6 Å². The molecule has 0 spiro atoms. The van der Waals surface area contributed by atoms with Crippen molar-refractivity contribution in [3.8, 4) is 11.7 Å². The van der Waals surface area contributed by atoms with E-state index in [2.05, 4.69) is 37.2 Å². The fourth-order valence-electron chi connectivity index (χ4n) is 3.27. The van der Waals surface area contributed by atoms with Crippen molar-refractivity contribution in [1.29, 1.82) is 0 Å². The van der Waals surface area contributed by atoms with Gasteiger partial charge in [0.15, 0.2) is 5.76 Å². The summed E-state index contributed by atoms with van der Waals surface area (Å²) < 4.78 is 13.3. The van der Waals surface area contributed by atoms with Crippen LogP contribution < -0.4 is 5.32 Å². The number of furan rings is 1. The summed E-state index contributed by atoms with van der Waals surface area (Å²) in [6.07, 6.45) is 4.65. The number of nitrogens with one attached hydrogen (secondary N) is 1. The first-order valence-electron chi connectivity index (χ1n) is 8.73. The van der Waals surface area contributed by atoms with Gasteiger partial charge >= 0.3 is 0 Å². The number of aryl methyl sites for hydroxylation is 3. The van der Waals surface area contributed by atoms with Gasteiger partial charge in [-0.05, 0) is 25.3 Å². The molecule has 1 N–H and O–H groups in total. The van der Waals surface area contributed by atoms with Crippen LogP contribution in [-0.4, -0.2) is 31.5 Å². The Balaban J connectivity index is 1.32. The first kappa shape index (κ1) is 16.0. The predicted molar refractivity (Wildman–Crippen MR) is 89.7 cm³/mol. The second-order valence-corrected chi connectivity index (χ2v) is 6.47. The third-order valence-electron chi connectivity index (χ3n) is 4.67. The smallest absolute Gasteiger partial charge is 0.283 e. The van der Waals surface area contributed by atoms with Crippen molar-refractivity contribution in [3.63, 3.8) is 0 Å². The number of rotatable bonds is 6. The first-order chi connectivity index (χ1) is 12.2. The number of fused-ring (bicyclic) bond motifs is 1. The molecule has 8 nitrogen and oxygen atoms in total. The molecule has 0 bridgehead atoms. The molecule has 0 fully saturated rings. The molecule has 0 saturated heterocycles. The van der Waals surface area contributed by atoms with E-state index in [0.29, 0.717) is 30.0 Å². The summed E-state index contributed by atoms with van der Waals surface area (Å²) in [5.74, 6) is 4.39. The van der Waals surface area contributed by atoms with E-state index >= 15 is 0 Å². The molecule has 0 saturated carbocycles. The lowest BCUT2D eigenvalue weighted by atomic mass is 9.99. The van der Waals surface area contributed by atoms with Crippen molar-refractivity contribution in [2.24, 2.45) is 5.92 Å². The van der Waals surface area contributed by atoms with Gasteiger partial charge in [-0.3, -0.25) is 0 Å². The molecule has 25 heavy (non-hydrogen) atoms. The van der Waals surface area contributed by atoms with E-state index in [9.17, 15) is 0 Å². The molecule has 1 atom stereocenters. The van der Waals surface area contributed by atoms with E-state index in [1.807, 2.05) is 13.0 Å². The topological polar surface area (TPSA) is 94.8 Å². The van der Waals surface area contributed by atoms with Gasteiger partial charge < -0.3 is 18.7 Å². The molecule has 1 aliphatic rings. The predicted octanol–water partition coefficient (Wildman–Crippen LogP) is 2.14. The van der Waals surface area contributed by atoms with Gasteiger partial charge in [-0.15, -0.1) is 20.4 Å². The quantitative estimate of drug-likeness (QED) is 0.733. The highest BCUT2D eigenvalue weighted by atomic mass is 16.4. The number of aromatic nitrogens is 5. The molecule has 0 radical (unpaired) electrons. The van der Waals surface area contributed by atoms with Crippen LogP contribution in [0.15, 0.2) is 21.2 Å². The Labute approximate surface area is 145 Å². The zero-order valence-electron chi connectivity index (χ0n) is 14.5. The van der Waals surface area contributed by atoms with Gasteiger partial charge in [0, 0.05) is 31.5 Å². The molecule has 132 valence electrons. The second kappa shape index (κ2) is 6.79. The van der Waals surface area contributed by atoms with Crippen LogP contribution in [0.5, 0.6) is 0 Å². The maximum Gasteiger partial charge on any atom is 0.283 e. The van der Waals surface area contributed by atoms with Gasteiger partial charge in [-0.1, -0.05) is 6.92 Å². The van der Waals surface area contributed by atoms with Crippen LogP contribution in [0.25, 0.3) is 11.7 Å². The second-order valence-electron chi connectivity index (χ2n) is 6.47. The van der Waals surface area contributed by atoms with E-state index in [4.69, 9.17) is 8.83 Å². The maximum atomic E-state index is 5.67. The van der Waals surface area contributed by atoms with E-state index in [1.165, 1.54) is 0 Å². The van der Waals surface area contributed by atoms with Crippen molar-refractivity contribution in [3.05, 3.63) is 35.4 Å². The van der Waals surface area contributed by atoms with Crippen molar-refractivity contribution >= 4 is 0 Å². The Morgan fingerprint density at radius 2 is 2.20 bits per heavy atom. The van der Waals surface area contributed by atoms with Gasteiger partial charge in [0.05, 0.1) is 12.8 Å². The first-order valence-corrected chi connectivity index (χ1v) is 8.73. The Bertz CT molecular complexity index is 836. The number of hydrogen-bond donors (Lipinski definition) is 1. The fraction of sp³-hybridized carbons (Fsp3) is 0.529. The summed E-state index contributed by atoms with van der Waals surface area (Å²) in [5, 5.41) is 20.1. The van der Waals surface area contributed by atoms with Crippen LogP contribution in [0, 0.1) is 12.8 Å². The lowest BCUT2D eigenvalue weighted by Gasteiger charge is -2.24. The largest absolute Gasteiger partial charge is 0.459 e. The monoisotopic (exact) mass is 342 g/mol. The van der Waals surface area contributed by atoms with Gasteiger partial charge in [-0.25, -0.2) is 0 Å². The lowest BCUT2D eigenvalue weighted by molar-refractivity contribution is 0.335. The third kappa shape index (κ3) is 3.21. The highest BCUT2D eigenvalue weighted by molar-refractivity contribution is 5.49. The van der Waals surface area contributed by atoms with Crippen molar-refractivity contribution in [1.82, 2.24) is 30.3 Å². The molecular formula is C17H22N6O2. The average Bonchev–Trinajstić information content (AvgIpc) is 3.33. The molecule has 0 aromatic carbocycles. The Kier molecular flexibility index (Phi) is 4.35. The summed E-state index contributed by atoms with van der Waals surface area (Å²) in [5.41, 5.74) is 0.988. The highest BCUT2D eigenvalue weighted by Gasteiger charge is 2.22. The molecule has 3 aromatic rings. The summed E-state index contributed by atoms with van der Waals surface area (Å²) >= 11 is 0. The lowest BCUT2D eigenvalue weighted by Crippen LogP contribution is -2.30. The highest BCUT2D eigenvalue weighted by Crippen LogP contribution is 2.23. The van der Waals surface area contributed by atoms with Crippen LogP contribution in [0.1, 0.15) is 36.4 Å². The zero-order valence-corrected chi connectivity index (χ0v) is 14.5. The molecule has 3 aromatic heterocycles. The van der Waals surface area contributed by atoms with Crippen LogP contribution >= 0.6 is 0 Å². The van der Waals surface area contributed by atoms with E-state index < -0.39 is 0 Å². The minimum absolute atomic E-state index is 0.429. The molecule has 0 unspecified atom stereocenters. The Morgan fingerprint density at radius 1 is 1.28 bits per heavy atom. The molecule has 8 heteroatoms. The van der Waals surface area contributed by atoms with Crippen molar-refractivity contribution in [2.45, 2.75) is 46.2 Å². The van der Waals surface area contributed by atoms with E-state index in [0.717, 1.165) is 49.6 Å². The number of nitrogens with zero attached hydrogens (tertiary/aromatic N) is 5. The molecule has 4 rings (SSSR count). The maximum absolute atomic E-state index is 5.67. The van der Waals surface area contributed by atoms with Crippen molar-refractivity contribution in [2.75, 3.05) is 6.54 Å². The number of hydrogen-bond acceptors (Lipinski definition) is 7. The SMILES string of the molecule is CCc1nnc2n1C[C@@H](CNCc1nnc(-c3occc3C)o1)CC2. The summed E-state index contributed by atoms with van der Waals surface area (Å²) in [6, 6.07) is 1.88. The normalized spacial score (nSPS) is 17.0. The summed E-state index contributed by atoms with van der Waals surface area (Å²) in [6.45, 7) is 6.50.